The fraction of sp³-hybridized carbons (Fsp3) is 0.100. The van der Waals surface area contributed by atoms with Gasteiger partial charge >= 0.3 is 0 Å². The van der Waals surface area contributed by atoms with Crippen molar-refractivity contribution in [2.24, 2.45) is 5.10 Å². The van der Waals surface area contributed by atoms with E-state index in [4.69, 9.17) is 4.74 Å². The minimum Gasteiger partial charge on any atom is -0.481 e. The summed E-state index contributed by atoms with van der Waals surface area (Å²) < 4.78 is 29.8. The van der Waals surface area contributed by atoms with Crippen molar-refractivity contribution in [3.05, 3.63) is 77.9 Å². The number of rotatable bonds is 6. The Morgan fingerprint density at radius 1 is 1.00 bits per heavy atom. The summed E-state index contributed by atoms with van der Waals surface area (Å²) in [6, 6.07) is 19.8. The maximum atomic E-state index is 12.3. The van der Waals surface area contributed by atoms with Crippen molar-refractivity contribution in [1.82, 2.24) is 9.82 Å². The van der Waals surface area contributed by atoms with Gasteiger partial charge in [0.2, 0.25) is 5.88 Å². The van der Waals surface area contributed by atoms with Gasteiger partial charge in [-0.25, -0.2) is 9.82 Å². The fourth-order valence-electron chi connectivity index (χ4n) is 2.42. The number of aryl methyl sites for hydroxylation is 1. The molecule has 0 amide bonds. The molecule has 3 aromatic rings. The summed E-state index contributed by atoms with van der Waals surface area (Å²) >= 11 is 0. The van der Waals surface area contributed by atoms with Gasteiger partial charge in [0.25, 0.3) is 10.0 Å². The zero-order valence-electron chi connectivity index (χ0n) is 15.0. The molecule has 0 saturated heterocycles. The van der Waals surface area contributed by atoms with E-state index in [1.165, 1.54) is 25.5 Å². The van der Waals surface area contributed by atoms with Gasteiger partial charge in [-0.05, 0) is 31.2 Å². The molecule has 1 N–H and O–H groups in total. The van der Waals surface area contributed by atoms with Crippen LogP contribution < -0.4 is 9.57 Å². The van der Waals surface area contributed by atoms with Crippen molar-refractivity contribution in [1.29, 1.82) is 0 Å². The van der Waals surface area contributed by atoms with E-state index < -0.39 is 10.0 Å². The van der Waals surface area contributed by atoms with E-state index in [2.05, 4.69) is 14.9 Å². The van der Waals surface area contributed by atoms with Crippen LogP contribution in [0.25, 0.3) is 11.3 Å². The summed E-state index contributed by atoms with van der Waals surface area (Å²) in [5.74, 6) is 0.356. The highest BCUT2D eigenvalue weighted by Gasteiger charge is 2.12. The van der Waals surface area contributed by atoms with Crippen LogP contribution in [0.5, 0.6) is 5.88 Å². The topological polar surface area (TPSA) is 80.7 Å². The summed E-state index contributed by atoms with van der Waals surface area (Å²) in [4.78, 5) is 6.80. The van der Waals surface area contributed by atoms with Crippen LogP contribution in [0.4, 0.5) is 0 Å². The zero-order valence-corrected chi connectivity index (χ0v) is 15.8. The molecule has 1 aromatic heterocycles. The minimum atomic E-state index is -3.73. The quantitative estimate of drug-likeness (QED) is 0.524. The normalized spacial score (nSPS) is 11.5. The van der Waals surface area contributed by atoms with Crippen LogP contribution in [0.2, 0.25) is 0 Å². The van der Waals surface area contributed by atoms with Crippen LogP contribution >= 0.6 is 0 Å². The molecular weight excluding hydrogens is 362 g/mol. The number of methoxy groups -OCH3 is 1. The van der Waals surface area contributed by atoms with E-state index in [1.54, 1.807) is 18.2 Å². The molecule has 3 rings (SSSR count). The van der Waals surface area contributed by atoms with E-state index in [1.807, 2.05) is 43.3 Å². The van der Waals surface area contributed by atoms with Crippen LogP contribution in [0.15, 0.2) is 76.7 Å². The first-order valence-electron chi connectivity index (χ1n) is 8.21. The first-order chi connectivity index (χ1) is 13.0. The largest absolute Gasteiger partial charge is 0.481 e. The van der Waals surface area contributed by atoms with E-state index in [9.17, 15) is 8.42 Å². The second kappa shape index (κ2) is 8.01. The Hall–Kier alpha value is -3.19. The SMILES string of the molecule is COc1nc(-c2ccccc2)ccc1/C=N\NS(=O)(=O)c1ccc(C)cc1. The van der Waals surface area contributed by atoms with Crippen LogP contribution in [0.1, 0.15) is 11.1 Å². The predicted octanol–water partition coefficient (Wildman–Crippen LogP) is 3.38. The summed E-state index contributed by atoms with van der Waals surface area (Å²) in [6.45, 7) is 1.89. The molecule has 138 valence electrons. The lowest BCUT2D eigenvalue weighted by atomic mass is 10.1. The highest BCUT2D eigenvalue weighted by atomic mass is 32.2. The lowest BCUT2D eigenvalue weighted by molar-refractivity contribution is 0.398. The number of ether oxygens (including phenoxy) is 1. The molecule has 0 bridgehead atoms. The number of nitrogens with one attached hydrogen (secondary N) is 1. The van der Waals surface area contributed by atoms with Gasteiger partial charge in [0.15, 0.2) is 0 Å². The third-order valence-electron chi connectivity index (χ3n) is 3.86. The van der Waals surface area contributed by atoms with Gasteiger partial charge in [0, 0.05) is 5.56 Å². The minimum absolute atomic E-state index is 0.148. The van der Waals surface area contributed by atoms with Crippen LogP contribution in [0, 0.1) is 6.92 Å². The molecule has 27 heavy (non-hydrogen) atoms. The number of hydrogen-bond acceptors (Lipinski definition) is 5. The third-order valence-corrected chi connectivity index (χ3v) is 5.10. The molecule has 2 aromatic carbocycles. The smallest absolute Gasteiger partial charge is 0.276 e. The molecular formula is C20H19N3O3S. The Kier molecular flexibility index (Phi) is 5.52. The van der Waals surface area contributed by atoms with Crippen molar-refractivity contribution in [2.45, 2.75) is 11.8 Å². The van der Waals surface area contributed by atoms with Crippen molar-refractivity contribution < 1.29 is 13.2 Å². The maximum Gasteiger partial charge on any atom is 0.276 e. The van der Waals surface area contributed by atoms with Crippen LogP contribution in [-0.2, 0) is 10.0 Å². The highest BCUT2D eigenvalue weighted by molar-refractivity contribution is 7.89. The molecule has 0 fully saturated rings. The standard InChI is InChI=1S/C20H19N3O3S/c1-15-8-11-18(12-9-15)27(24,25)23-21-14-17-10-13-19(22-20(17)26-2)16-6-4-3-5-7-16/h3-14,23H,1-2H3/b21-14-. The number of sulfonamides is 1. The first kappa shape index (κ1) is 18.6. The second-order valence-corrected chi connectivity index (χ2v) is 7.49. The molecule has 0 aliphatic heterocycles. The van der Waals surface area contributed by atoms with Crippen LogP contribution in [-0.4, -0.2) is 26.7 Å². The van der Waals surface area contributed by atoms with Crippen molar-refractivity contribution in [2.75, 3.05) is 7.11 Å². The predicted molar refractivity (Wildman–Crippen MR) is 105 cm³/mol. The summed E-state index contributed by atoms with van der Waals surface area (Å²) in [5.41, 5.74) is 3.25. The lowest BCUT2D eigenvalue weighted by Crippen LogP contribution is -2.18. The maximum absolute atomic E-state index is 12.3. The van der Waals surface area contributed by atoms with E-state index in [0.29, 0.717) is 11.4 Å². The summed E-state index contributed by atoms with van der Waals surface area (Å²) in [7, 11) is -2.22. The molecule has 0 saturated carbocycles. The molecule has 0 radical (unpaired) electrons. The number of pyridine rings is 1. The van der Waals surface area contributed by atoms with Crippen molar-refractivity contribution in [3.8, 4) is 17.1 Å². The summed E-state index contributed by atoms with van der Waals surface area (Å²) in [5, 5.41) is 3.84. The number of nitrogens with zero attached hydrogens (tertiary/aromatic N) is 2. The highest BCUT2D eigenvalue weighted by Crippen LogP contribution is 2.22. The average Bonchev–Trinajstić information content (AvgIpc) is 2.69. The Labute approximate surface area is 158 Å². The van der Waals surface area contributed by atoms with Gasteiger partial charge in [-0.1, -0.05) is 48.0 Å². The Morgan fingerprint density at radius 2 is 1.70 bits per heavy atom. The molecule has 6 nitrogen and oxygen atoms in total. The van der Waals surface area contributed by atoms with Gasteiger partial charge in [0.05, 0.1) is 29.5 Å². The molecule has 1 heterocycles. The molecule has 0 aliphatic carbocycles. The van der Waals surface area contributed by atoms with E-state index in [0.717, 1.165) is 16.8 Å². The molecule has 7 heteroatoms. The monoisotopic (exact) mass is 381 g/mol. The number of aromatic nitrogens is 1. The fourth-order valence-corrected chi connectivity index (χ4v) is 3.21. The Bertz CT molecular complexity index is 1050. The van der Waals surface area contributed by atoms with Crippen molar-refractivity contribution >= 4 is 16.2 Å². The molecule has 0 atom stereocenters. The third kappa shape index (κ3) is 4.51. The lowest BCUT2D eigenvalue weighted by Gasteiger charge is -2.07. The van der Waals surface area contributed by atoms with Gasteiger partial charge in [-0.2, -0.15) is 13.5 Å². The van der Waals surface area contributed by atoms with Crippen molar-refractivity contribution in [3.63, 3.8) is 0 Å². The number of hydrazone groups is 1. The number of hydrogen-bond donors (Lipinski definition) is 1. The Balaban J connectivity index is 1.79. The molecule has 0 unspecified atom stereocenters. The zero-order chi connectivity index (χ0) is 19.3. The summed E-state index contributed by atoms with van der Waals surface area (Å²) in [6.07, 6.45) is 1.37. The van der Waals surface area contributed by atoms with E-state index in [-0.39, 0.29) is 4.90 Å². The van der Waals surface area contributed by atoms with Gasteiger partial charge in [0.1, 0.15) is 0 Å². The Morgan fingerprint density at radius 3 is 2.37 bits per heavy atom. The average molecular weight is 381 g/mol. The second-order valence-electron chi connectivity index (χ2n) is 5.83. The van der Waals surface area contributed by atoms with Gasteiger partial charge in [-0.3, -0.25) is 0 Å². The first-order valence-corrected chi connectivity index (χ1v) is 9.70. The molecule has 0 aliphatic rings. The van der Waals surface area contributed by atoms with Gasteiger partial charge in [-0.15, -0.1) is 0 Å². The van der Waals surface area contributed by atoms with E-state index >= 15 is 0 Å². The van der Waals surface area contributed by atoms with Gasteiger partial charge < -0.3 is 4.74 Å². The number of benzene rings is 2. The molecule has 0 spiro atoms. The van der Waals surface area contributed by atoms with Crippen LogP contribution in [0.3, 0.4) is 0 Å².